The molecule has 0 atom stereocenters. The number of amides is 1. The van der Waals surface area contributed by atoms with E-state index in [1.807, 2.05) is 42.1 Å². The number of hydrogen-bond donors (Lipinski definition) is 2. The van der Waals surface area contributed by atoms with Gasteiger partial charge in [-0.3, -0.25) is 4.79 Å². The van der Waals surface area contributed by atoms with E-state index in [4.69, 9.17) is 0 Å². The number of rotatable bonds is 6. The summed E-state index contributed by atoms with van der Waals surface area (Å²) in [6.45, 7) is 3.14. The molecule has 122 valence electrons. The van der Waals surface area contributed by atoms with Gasteiger partial charge in [0.2, 0.25) is 5.91 Å². The Morgan fingerprint density at radius 1 is 1.22 bits per heavy atom. The second-order valence-corrected chi connectivity index (χ2v) is 5.95. The molecule has 2 aromatic heterocycles. The van der Waals surface area contributed by atoms with Gasteiger partial charge in [0.1, 0.15) is 17.5 Å². The molecule has 0 saturated heterocycles. The lowest BCUT2D eigenvalue weighted by Crippen LogP contribution is -2.33. The zero-order valence-electron chi connectivity index (χ0n) is 13.5. The first kappa shape index (κ1) is 15.5. The predicted molar refractivity (Wildman–Crippen MR) is 89.6 cm³/mol. The lowest BCUT2D eigenvalue weighted by Gasteiger charge is -2.12. The van der Waals surface area contributed by atoms with Crippen LogP contribution in [0.4, 0.5) is 5.82 Å². The van der Waals surface area contributed by atoms with E-state index in [1.165, 1.54) is 12.8 Å². The molecule has 6 heteroatoms. The highest BCUT2D eigenvalue weighted by Gasteiger charge is 2.21. The molecule has 1 aliphatic rings. The Balaban J connectivity index is 1.51. The highest BCUT2D eigenvalue weighted by molar-refractivity contribution is 5.78. The van der Waals surface area contributed by atoms with Gasteiger partial charge in [-0.05, 0) is 31.9 Å². The molecule has 2 N–H and O–H groups in total. The van der Waals surface area contributed by atoms with Crippen LogP contribution in [0.15, 0.2) is 30.6 Å². The van der Waals surface area contributed by atoms with Gasteiger partial charge in [-0.2, -0.15) is 0 Å². The number of nitrogens with one attached hydrogen (secondary N) is 2. The van der Waals surface area contributed by atoms with Crippen LogP contribution >= 0.6 is 0 Å². The van der Waals surface area contributed by atoms with Crippen molar-refractivity contribution in [3.05, 3.63) is 36.4 Å². The van der Waals surface area contributed by atoms with Crippen LogP contribution < -0.4 is 10.6 Å². The zero-order chi connectivity index (χ0) is 16.1. The van der Waals surface area contributed by atoms with Crippen LogP contribution in [0, 0.1) is 12.8 Å². The van der Waals surface area contributed by atoms with Crippen molar-refractivity contribution in [3.8, 4) is 5.82 Å². The Morgan fingerprint density at radius 2 is 1.96 bits per heavy atom. The molecule has 3 rings (SSSR count). The van der Waals surface area contributed by atoms with E-state index in [9.17, 15) is 4.79 Å². The Kier molecular flexibility index (Phi) is 4.90. The molecule has 1 fully saturated rings. The Morgan fingerprint density at radius 3 is 2.70 bits per heavy atom. The Labute approximate surface area is 136 Å². The molecule has 0 radical (unpaired) electrons. The van der Waals surface area contributed by atoms with Crippen molar-refractivity contribution in [2.75, 3.05) is 18.4 Å². The number of nitrogens with zero attached hydrogens (tertiary/aromatic N) is 3. The highest BCUT2D eigenvalue weighted by atomic mass is 16.1. The van der Waals surface area contributed by atoms with Crippen molar-refractivity contribution in [3.63, 3.8) is 0 Å². The topological polar surface area (TPSA) is 71.8 Å². The van der Waals surface area contributed by atoms with Crippen LogP contribution in [0.3, 0.4) is 0 Å². The number of hydrogen-bond acceptors (Lipinski definition) is 4. The average Bonchev–Trinajstić information content (AvgIpc) is 3.23. The maximum atomic E-state index is 12.0. The largest absolute Gasteiger partial charge is 0.368 e. The third-order valence-electron chi connectivity index (χ3n) is 4.15. The van der Waals surface area contributed by atoms with Crippen LogP contribution in [0.1, 0.15) is 31.5 Å². The quantitative estimate of drug-likeness (QED) is 0.803. The molecule has 6 nitrogen and oxygen atoms in total. The normalized spacial score (nSPS) is 14.8. The second-order valence-electron chi connectivity index (χ2n) is 5.95. The predicted octanol–water partition coefficient (Wildman–Crippen LogP) is 2.29. The summed E-state index contributed by atoms with van der Waals surface area (Å²) >= 11 is 0. The van der Waals surface area contributed by atoms with Crippen LogP contribution in [0.2, 0.25) is 0 Å². The van der Waals surface area contributed by atoms with Gasteiger partial charge in [0.15, 0.2) is 0 Å². The molecule has 0 bridgehead atoms. The summed E-state index contributed by atoms with van der Waals surface area (Å²) in [6.07, 6.45) is 8.33. The smallest absolute Gasteiger partial charge is 0.223 e. The first-order valence-electron chi connectivity index (χ1n) is 8.23. The number of aromatic nitrogens is 3. The standard InChI is InChI=1S/C17H23N5O/c1-13-20-15(12-16(21-13)22-10-4-5-11-22)18-8-9-19-17(23)14-6-2-3-7-14/h4-5,10-12,14H,2-3,6-9H2,1H3,(H,19,23)(H,18,20,21). The summed E-state index contributed by atoms with van der Waals surface area (Å²) in [7, 11) is 0. The lowest BCUT2D eigenvalue weighted by molar-refractivity contribution is -0.124. The van der Waals surface area contributed by atoms with Gasteiger partial charge in [0.05, 0.1) is 0 Å². The lowest BCUT2D eigenvalue weighted by atomic mass is 10.1. The molecular formula is C17H23N5O. The van der Waals surface area contributed by atoms with Crippen molar-refractivity contribution in [2.45, 2.75) is 32.6 Å². The van der Waals surface area contributed by atoms with Crippen molar-refractivity contribution in [2.24, 2.45) is 5.92 Å². The van der Waals surface area contributed by atoms with E-state index < -0.39 is 0 Å². The summed E-state index contributed by atoms with van der Waals surface area (Å²) in [4.78, 5) is 20.8. The first-order valence-corrected chi connectivity index (χ1v) is 8.23. The van der Waals surface area contributed by atoms with E-state index >= 15 is 0 Å². The van der Waals surface area contributed by atoms with Gasteiger partial charge in [0, 0.05) is 37.5 Å². The fourth-order valence-electron chi connectivity index (χ4n) is 2.97. The summed E-state index contributed by atoms with van der Waals surface area (Å²) < 4.78 is 1.95. The Hall–Kier alpha value is -2.37. The number of anilines is 1. The van der Waals surface area contributed by atoms with Crippen molar-refractivity contribution < 1.29 is 4.79 Å². The van der Waals surface area contributed by atoms with Gasteiger partial charge >= 0.3 is 0 Å². The molecule has 2 heterocycles. The monoisotopic (exact) mass is 313 g/mol. The van der Waals surface area contributed by atoms with Crippen molar-refractivity contribution >= 4 is 11.7 Å². The van der Waals surface area contributed by atoms with E-state index in [0.29, 0.717) is 18.9 Å². The molecule has 23 heavy (non-hydrogen) atoms. The van der Waals surface area contributed by atoms with Gasteiger partial charge in [-0.15, -0.1) is 0 Å². The maximum Gasteiger partial charge on any atom is 0.223 e. The first-order chi connectivity index (χ1) is 11.2. The van der Waals surface area contributed by atoms with E-state index in [0.717, 1.165) is 24.5 Å². The third kappa shape index (κ3) is 4.09. The molecular weight excluding hydrogens is 290 g/mol. The minimum atomic E-state index is 0.191. The minimum Gasteiger partial charge on any atom is -0.368 e. The average molecular weight is 313 g/mol. The number of carbonyl (C=O) groups excluding carboxylic acids is 1. The van der Waals surface area contributed by atoms with E-state index in [2.05, 4.69) is 20.6 Å². The third-order valence-corrected chi connectivity index (χ3v) is 4.15. The maximum absolute atomic E-state index is 12.0. The SMILES string of the molecule is Cc1nc(NCCNC(=O)C2CCCC2)cc(-n2cccc2)n1. The minimum absolute atomic E-state index is 0.191. The molecule has 0 aromatic carbocycles. The molecule has 2 aromatic rings. The molecule has 0 aliphatic heterocycles. The zero-order valence-corrected chi connectivity index (χ0v) is 13.5. The molecule has 1 amide bonds. The highest BCUT2D eigenvalue weighted by Crippen LogP contribution is 2.24. The Bertz CT molecular complexity index is 647. The summed E-state index contributed by atoms with van der Waals surface area (Å²) in [5, 5.41) is 6.26. The fourth-order valence-corrected chi connectivity index (χ4v) is 2.97. The fraction of sp³-hybridized carbons (Fsp3) is 0.471. The van der Waals surface area contributed by atoms with Gasteiger partial charge in [0.25, 0.3) is 0 Å². The number of aryl methyl sites for hydroxylation is 1. The van der Waals surface area contributed by atoms with Crippen LogP contribution in [0.25, 0.3) is 5.82 Å². The summed E-state index contributed by atoms with van der Waals surface area (Å²) in [5.41, 5.74) is 0. The number of carbonyl (C=O) groups is 1. The molecule has 0 unspecified atom stereocenters. The molecule has 0 spiro atoms. The van der Waals surface area contributed by atoms with Gasteiger partial charge < -0.3 is 15.2 Å². The van der Waals surface area contributed by atoms with Crippen LogP contribution in [0.5, 0.6) is 0 Å². The van der Waals surface area contributed by atoms with E-state index in [1.54, 1.807) is 0 Å². The second kappa shape index (κ2) is 7.26. The van der Waals surface area contributed by atoms with Crippen LogP contribution in [-0.2, 0) is 4.79 Å². The molecule has 1 aliphatic carbocycles. The summed E-state index contributed by atoms with van der Waals surface area (Å²) in [5.74, 6) is 2.73. The van der Waals surface area contributed by atoms with Crippen molar-refractivity contribution in [1.29, 1.82) is 0 Å². The summed E-state index contributed by atoms with van der Waals surface area (Å²) in [6, 6.07) is 5.83. The van der Waals surface area contributed by atoms with E-state index in [-0.39, 0.29) is 11.8 Å². The van der Waals surface area contributed by atoms with Crippen molar-refractivity contribution in [1.82, 2.24) is 19.9 Å². The van der Waals surface area contributed by atoms with Gasteiger partial charge in [-0.1, -0.05) is 12.8 Å². The van der Waals surface area contributed by atoms with Gasteiger partial charge in [-0.25, -0.2) is 9.97 Å². The van der Waals surface area contributed by atoms with Crippen LogP contribution in [-0.4, -0.2) is 33.5 Å². The molecule has 1 saturated carbocycles.